The molecule has 2 rings (SSSR count). The molecule has 5 nitrogen and oxygen atoms in total. The third-order valence-electron chi connectivity index (χ3n) is 2.52. The minimum absolute atomic E-state index is 0.178. The summed E-state index contributed by atoms with van der Waals surface area (Å²) in [7, 11) is 0. The largest absolute Gasteiger partial charge is 0.433 e. The number of benzene rings is 1. The van der Waals surface area contributed by atoms with Gasteiger partial charge >= 0.3 is 6.09 Å². The first-order chi connectivity index (χ1) is 9.15. The zero-order chi connectivity index (χ0) is 13.7. The van der Waals surface area contributed by atoms with Gasteiger partial charge in [0.15, 0.2) is 0 Å². The Morgan fingerprint density at radius 1 is 1.26 bits per heavy atom. The van der Waals surface area contributed by atoms with Crippen LogP contribution in [0.15, 0.2) is 36.4 Å². The molecule has 0 fully saturated rings. The highest BCUT2D eigenvalue weighted by Crippen LogP contribution is 2.14. The summed E-state index contributed by atoms with van der Waals surface area (Å²) in [6.45, 7) is 4.13. The van der Waals surface area contributed by atoms with E-state index in [1.165, 1.54) is 0 Å². The van der Waals surface area contributed by atoms with Gasteiger partial charge in [-0.05, 0) is 32.0 Å². The molecule has 5 heteroatoms. The number of amides is 1. The molecule has 0 bridgehead atoms. The molecule has 2 N–H and O–H groups in total. The fraction of sp³-hybridized carbons (Fsp3) is 0.286. The summed E-state index contributed by atoms with van der Waals surface area (Å²) in [5, 5.41) is 6.61. The first-order valence-electron chi connectivity index (χ1n) is 6.18. The Labute approximate surface area is 112 Å². The lowest BCUT2D eigenvalue weighted by molar-refractivity contribution is 0.148. The number of rotatable bonds is 4. The Kier molecular flexibility index (Phi) is 4.30. The number of para-hydroxylation sites is 1. The number of carbonyl (C=O) groups excluding carboxylic acids is 1. The summed E-state index contributed by atoms with van der Waals surface area (Å²) in [5.74, 6) is 0.480. The van der Waals surface area contributed by atoms with Gasteiger partial charge in [0.1, 0.15) is 12.5 Å². The Balaban J connectivity index is 1.95. The molecular weight excluding hydrogens is 242 g/mol. The van der Waals surface area contributed by atoms with E-state index in [1.807, 2.05) is 44.2 Å². The molecule has 1 heterocycles. The molecule has 0 aliphatic rings. The van der Waals surface area contributed by atoms with Crippen molar-refractivity contribution in [3.63, 3.8) is 0 Å². The number of hydrogen-bond donors (Lipinski definition) is 2. The van der Waals surface area contributed by atoms with Gasteiger partial charge in [0.05, 0.1) is 5.52 Å². The third kappa shape index (κ3) is 3.93. The van der Waals surface area contributed by atoms with Gasteiger partial charge in [0.25, 0.3) is 0 Å². The molecule has 0 aliphatic carbocycles. The normalized spacial score (nSPS) is 10.7. The average Bonchev–Trinajstić information content (AvgIpc) is 2.38. The molecule has 0 spiro atoms. The fourth-order valence-corrected chi connectivity index (χ4v) is 1.55. The van der Waals surface area contributed by atoms with E-state index >= 15 is 0 Å². The molecule has 0 radical (unpaired) electrons. The van der Waals surface area contributed by atoms with Crippen LogP contribution in [0.5, 0.6) is 0 Å². The van der Waals surface area contributed by atoms with Crippen LogP contribution in [-0.2, 0) is 4.74 Å². The van der Waals surface area contributed by atoms with E-state index in [1.54, 1.807) is 6.07 Å². The van der Waals surface area contributed by atoms with Crippen molar-refractivity contribution >= 4 is 22.8 Å². The van der Waals surface area contributed by atoms with Gasteiger partial charge in [-0.2, -0.15) is 0 Å². The lowest BCUT2D eigenvalue weighted by Crippen LogP contribution is -2.28. The number of fused-ring (bicyclic) bond motifs is 1. The quantitative estimate of drug-likeness (QED) is 0.829. The third-order valence-corrected chi connectivity index (χ3v) is 2.52. The van der Waals surface area contributed by atoms with E-state index in [-0.39, 0.29) is 12.8 Å². The van der Waals surface area contributed by atoms with Crippen LogP contribution in [0.1, 0.15) is 13.8 Å². The first kappa shape index (κ1) is 13.3. The number of carbonyl (C=O) groups is 1. The molecule has 100 valence electrons. The topological polar surface area (TPSA) is 63.2 Å². The van der Waals surface area contributed by atoms with E-state index in [4.69, 9.17) is 4.74 Å². The smallest absolute Gasteiger partial charge is 0.414 e. The second-order valence-electron chi connectivity index (χ2n) is 4.45. The number of pyridine rings is 1. The SMILES string of the molecule is CC(C)NCOC(=O)Nc1ccc2ccccc2n1. The van der Waals surface area contributed by atoms with Crippen LogP contribution in [0.2, 0.25) is 0 Å². The van der Waals surface area contributed by atoms with Crippen LogP contribution in [0.4, 0.5) is 10.6 Å². The van der Waals surface area contributed by atoms with E-state index in [0.29, 0.717) is 5.82 Å². The number of anilines is 1. The van der Waals surface area contributed by atoms with Crippen molar-refractivity contribution in [2.24, 2.45) is 0 Å². The van der Waals surface area contributed by atoms with Crippen LogP contribution in [0, 0.1) is 0 Å². The molecule has 2 aromatic rings. The molecular formula is C14H17N3O2. The average molecular weight is 259 g/mol. The number of ether oxygens (including phenoxy) is 1. The summed E-state index contributed by atoms with van der Waals surface area (Å²) in [5.41, 5.74) is 0.834. The van der Waals surface area contributed by atoms with Crippen molar-refractivity contribution in [2.75, 3.05) is 12.0 Å². The maximum Gasteiger partial charge on any atom is 0.414 e. The highest BCUT2D eigenvalue weighted by molar-refractivity contribution is 5.86. The Bertz CT molecular complexity index is 569. The molecule has 1 aromatic heterocycles. The summed E-state index contributed by atoms with van der Waals surface area (Å²) < 4.78 is 4.97. The minimum atomic E-state index is -0.518. The number of nitrogens with zero attached hydrogens (tertiary/aromatic N) is 1. The Morgan fingerprint density at radius 2 is 2.05 bits per heavy atom. The molecule has 0 aliphatic heterocycles. The van der Waals surface area contributed by atoms with Crippen LogP contribution < -0.4 is 10.6 Å². The van der Waals surface area contributed by atoms with Gasteiger partial charge in [0.2, 0.25) is 0 Å². The van der Waals surface area contributed by atoms with Crippen LogP contribution in [0.3, 0.4) is 0 Å². The van der Waals surface area contributed by atoms with Crippen molar-refractivity contribution < 1.29 is 9.53 Å². The van der Waals surface area contributed by atoms with E-state index < -0.39 is 6.09 Å². The van der Waals surface area contributed by atoms with Crippen molar-refractivity contribution in [3.8, 4) is 0 Å². The van der Waals surface area contributed by atoms with Crippen molar-refractivity contribution in [1.29, 1.82) is 0 Å². The second kappa shape index (κ2) is 6.15. The van der Waals surface area contributed by atoms with Gasteiger partial charge < -0.3 is 4.74 Å². The lowest BCUT2D eigenvalue weighted by Gasteiger charge is -2.09. The maximum atomic E-state index is 11.5. The van der Waals surface area contributed by atoms with Crippen molar-refractivity contribution in [1.82, 2.24) is 10.3 Å². The monoisotopic (exact) mass is 259 g/mol. The van der Waals surface area contributed by atoms with E-state index in [0.717, 1.165) is 10.9 Å². The predicted molar refractivity (Wildman–Crippen MR) is 75.0 cm³/mol. The van der Waals surface area contributed by atoms with E-state index in [9.17, 15) is 4.79 Å². The fourth-order valence-electron chi connectivity index (χ4n) is 1.55. The molecule has 0 unspecified atom stereocenters. The van der Waals surface area contributed by atoms with Gasteiger partial charge in [-0.25, -0.2) is 9.78 Å². The molecule has 1 amide bonds. The summed E-state index contributed by atoms with van der Waals surface area (Å²) in [4.78, 5) is 15.8. The first-order valence-corrected chi connectivity index (χ1v) is 6.18. The minimum Gasteiger partial charge on any atom is -0.433 e. The summed E-state index contributed by atoms with van der Waals surface area (Å²) in [6, 6.07) is 11.6. The van der Waals surface area contributed by atoms with Crippen LogP contribution in [-0.4, -0.2) is 23.8 Å². The molecule has 0 saturated heterocycles. The lowest BCUT2D eigenvalue weighted by atomic mass is 10.2. The Morgan fingerprint density at radius 3 is 2.84 bits per heavy atom. The van der Waals surface area contributed by atoms with Gasteiger partial charge in [-0.3, -0.25) is 10.6 Å². The second-order valence-corrected chi connectivity index (χ2v) is 4.45. The molecule has 19 heavy (non-hydrogen) atoms. The zero-order valence-electron chi connectivity index (χ0n) is 11.0. The number of hydrogen-bond acceptors (Lipinski definition) is 4. The molecule has 0 saturated carbocycles. The van der Waals surface area contributed by atoms with E-state index in [2.05, 4.69) is 15.6 Å². The standard InChI is InChI=1S/C14H17N3O2/c1-10(2)15-9-19-14(18)17-13-8-7-11-5-3-4-6-12(11)16-13/h3-8,10,15H,9H2,1-2H3,(H,16,17,18). The Hall–Kier alpha value is -2.14. The summed E-state index contributed by atoms with van der Waals surface area (Å²) in [6.07, 6.45) is -0.518. The highest BCUT2D eigenvalue weighted by Gasteiger charge is 2.05. The van der Waals surface area contributed by atoms with Crippen molar-refractivity contribution in [2.45, 2.75) is 19.9 Å². The van der Waals surface area contributed by atoms with Gasteiger partial charge in [-0.1, -0.05) is 18.2 Å². The number of nitrogens with one attached hydrogen (secondary N) is 2. The highest BCUT2D eigenvalue weighted by atomic mass is 16.6. The van der Waals surface area contributed by atoms with Gasteiger partial charge in [-0.15, -0.1) is 0 Å². The van der Waals surface area contributed by atoms with Gasteiger partial charge in [0, 0.05) is 11.4 Å². The van der Waals surface area contributed by atoms with Crippen LogP contribution in [0.25, 0.3) is 10.9 Å². The zero-order valence-corrected chi connectivity index (χ0v) is 11.0. The van der Waals surface area contributed by atoms with Crippen molar-refractivity contribution in [3.05, 3.63) is 36.4 Å². The predicted octanol–water partition coefficient (Wildman–Crippen LogP) is 2.74. The maximum absolute atomic E-state index is 11.5. The van der Waals surface area contributed by atoms with Crippen LogP contribution >= 0.6 is 0 Å². The molecule has 1 aromatic carbocycles. The summed E-state index contributed by atoms with van der Waals surface area (Å²) >= 11 is 0. The molecule has 0 atom stereocenters. The number of aromatic nitrogens is 1.